The number of amides is 1. The molecule has 0 aliphatic carbocycles. The summed E-state index contributed by atoms with van der Waals surface area (Å²) in [6.07, 6.45) is 1.03. The zero-order valence-electron chi connectivity index (χ0n) is 14.6. The van der Waals surface area contributed by atoms with Gasteiger partial charge >= 0.3 is 149 Å². The fourth-order valence-corrected chi connectivity index (χ4v) is 3.78. The third-order valence-electron chi connectivity index (χ3n) is 4.11. The number of ether oxygens (including phenoxy) is 2. The standard InChI is InChI=1S/C18H22NO4P2.Pb/c1-22-18(21)16-11-14(8-9-19(16)17(20)12-24)23-10-2-3-13-4-6-15(25)7-5-13;/h4-7,12,14,16H,8-11,24-25H2,1H3;. The van der Waals surface area contributed by atoms with Crippen LogP contribution in [0.2, 0.25) is 0 Å². The molecular formula is C18H22NO4P2Pb. The van der Waals surface area contributed by atoms with E-state index in [4.69, 9.17) is 9.47 Å². The summed E-state index contributed by atoms with van der Waals surface area (Å²) in [6, 6.07) is 7.31. The molecule has 1 aromatic rings. The third-order valence-corrected chi connectivity index (χ3v) is 5.74. The van der Waals surface area contributed by atoms with E-state index < -0.39 is 6.04 Å². The third kappa shape index (κ3) is 6.27. The van der Waals surface area contributed by atoms with Crippen LogP contribution < -0.4 is 5.30 Å². The number of hydrogen-bond donors (Lipinski definition) is 0. The normalized spacial score (nSPS) is 20.7. The maximum atomic E-state index is 12.3. The van der Waals surface area contributed by atoms with Crippen LogP contribution in [0, 0.1) is 11.8 Å². The molecule has 1 aromatic carbocycles. The van der Waals surface area contributed by atoms with Crippen molar-refractivity contribution in [2.45, 2.75) is 28.2 Å². The number of benzene rings is 1. The quantitative estimate of drug-likeness (QED) is 0.223. The molecule has 1 heterocycles. The number of methoxy groups -OCH3 is 1. The van der Waals surface area contributed by atoms with E-state index in [2.05, 4.69) is 30.3 Å². The molecule has 5 atom stereocenters. The summed E-state index contributed by atoms with van der Waals surface area (Å²) in [6.45, 7) is 0.793. The molecule has 1 amide bonds. The van der Waals surface area contributed by atoms with Crippen molar-refractivity contribution >= 4 is 61.4 Å². The molecule has 0 saturated carbocycles. The van der Waals surface area contributed by atoms with E-state index in [0.29, 0.717) is 26.0 Å². The number of esters is 1. The van der Waals surface area contributed by atoms with Gasteiger partial charge in [-0.1, -0.05) is 12.1 Å². The Morgan fingerprint density at radius 3 is 2.69 bits per heavy atom. The molecule has 26 heavy (non-hydrogen) atoms. The Morgan fingerprint density at radius 1 is 1.38 bits per heavy atom. The van der Waals surface area contributed by atoms with E-state index in [1.807, 2.05) is 24.3 Å². The molecule has 1 fully saturated rings. The molecule has 8 heteroatoms. The predicted octanol–water partition coefficient (Wildman–Crippen LogP) is 0.457. The van der Waals surface area contributed by atoms with Gasteiger partial charge in [-0.25, -0.2) is 0 Å². The first-order valence-corrected chi connectivity index (χ1v) is 11.7. The molecule has 0 aromatic heterocycles. The molecule has 1 aliphatic rings. The first-order valence-electron chi connectivity index (χ1n) is 8.23. The Morgan fingerprint density at radius 2 is 2.08 bits per heavy atom. The van der Waals surface area contributed by atoms with Crippen molar-refractivity contribution in [3.63, 3.8) is 0 Å². The summed E-state index contributed by atoms with van der Waals surface area (Å²) < 4.78 is 10.6. The van der Waals surface area contributed by atoms with Crippen LogP contribution in [0.15, 0.2) is 24.3 Å². The summed E-state index contributed by atoms with van der Waals surface area (Å²) in [7, 11) is 6.52. The van der Waals surface area contributed by atoms with E-state index in [1.54, 1.807) is 4.90 Å². The summed E-state index contributed by atoms with van der Waals surface area (Å²) in [5, 5.41) is 1.12. The molecule has 3 radical (unpaired) electrons. The van der Waals surface area contributed by atoms with Gasteiger partial charge in [-0.2, -0.15) is 0 Å². The van der Waals surface area contributed by atoms with Gasteiger partial charge in [0.2, 0.25) is 0 Å². The van der Waals surface area contributed by atoms with Gasteiger partial charge < -0.3 is 0 Å². The van der Waals surface area contributed by atoms with Gasteiger partial charge in [-0.05, 0) is 5.30 Å². The molecule has 1 saturated heterocycles. The van der Waals surface area contributed by atoms with Gasteiger partial charge in [0.05, 0.1) is 0 Å². The van der Waals surface area contributed by atoms with Crippen LogP contribution in [0.4, 0.5) is 0 Å². The Labute approximate surface area is 175 Å². The summed E-state index contributed by atoms with van der Waals surface area (Å²) in [5.74, 6) is 5.67. The van der Waals surface area contributed by atoms with Gasteiger partial charge in [-0.3, -0.25) is 0 Å². The fourth-order valence-electron chi connectivity index (χ4n) is 2.75. The van der Waals surface area contributed by atoms with Crippen molar-refractivity contribution in [1.82, 2.24) is 4.90 Å². The average Bonchev–Trinajstić information content (AvgIpc) is 2.65. The van der Waals surface area contributed by atoms with Crippen LogP contribution in [0.3, 0.4) is 0 Å². The number of carbonyl (C=O) groups is 2. The second-order valence-electron chi connectivity index (χ2n) is 5.93. The van der Waals surface area contributed by atoms with Gasteiger partial charge in [-0.15, -0.1) is 9.24 Å². The molecule has 137 valence electrons. The van der Waals surface area contributed by atoms with Gasteiger partial charge in [0.1, 0.15) is 0 Å². The maximum absolute atomic E-state index is 12.3. The van der Waals surface area contributed by atoms with Crippen LogP contribution in [0.5, 0.6) is 0 Å². The van der Waals surface area contributed by atoms with Crippen molar-refractivity contribution in [2.24, 2.45) is 0 Å². The van der Waals surface area contributed by atoms with E-state index in [-0.39, 0.29) is 21.2 Å². The second kappa shape index (κ2) is 10.7. The molecule has 0 bridgehead atoms. The van der Waals surface area contributed by atoms with Crippen LogP contribution >= 0.6 is 18.5 Å². The molecule has 2 rings (SSSR count). The Bertz CT molecular complexity index is 699. The molecule has 0 N–H and O–H groups in total. The minimum absolute atomic E-state index is 0.00663. The zero-order chi connectivity index (χ0) is 19.1. The summed E-state index contributed by atoms with van der Waals surface area (Å²) >= 11 is 0.728. The Kier molecular flexibility index (Phi) is 8.96. The van der Waals surface area contributed by atoms with Crippen molar-refractivity contribution in [2.75, 3.05) is 20.3 Å². The predicted molar refractivity (Wildman–Crippen MR) is 108 cm³/mol. The van der Waals surface area contributed by atoms with E-state index in [1.165, 1.54) is 7.11 Å². The van der Waals surface area contributed by atoms with Crippen molar-refractivity contribution in [3.8, 4) is 11.8 Å². The molecule has 0 spiro atoms. The van der Waals surface area contributed by atoms with E-state index in [9.17, 15) is 9.59 Å². The van der Waals surface area contributed by atoms with E-state index >= 15 is 0 Å². The number of piperidine rings is 1. The fraction of sp³-hybridized carbons (Fsp3) is 0.444. The van der Waals surface area contributed by atoms with Crippen molar-refractivity contribution in [3.05, 3.63) is 29.8 Å². The van der Waals surface area contributed by atoms with Crippen LogP contribution in [0.1, 0.15) is 18.4 Å². The first kappa shape index (κ1) is 21.8. The number of nitrogens with zero attached hydrogens (tertiary/aromatic N) is 1. The topological polar surface area (TPSA) is 55.8 Å². The monoisotopic (exact) mass is 586 g/mol. The Hall–Kier alpha value is -0.538. The number of hydrogen-bond acceptors (Lipinski definition) is 4. The SMILES string of the molecule is COC(=O)C1CC(OCC#Cc2ccc(P)cc2)CCN1C(=O)[CH](P)[Pb]. The Balaban J connectivity index is 1.92. The van der Waals surface area contributed by atoms with E-state index in [0.717, 1.165) is 36.6 Å². The van der Waals surface area contributed by atoms with Gasteiger partial charge in [0, 0.05) is 0 Å². The number of carbonyl (C=O) groups excluding carboxylic acids is 2. The molecule has 5 unspecified atom stereocenters. The summed E-state index contributed by atoms with van der Waals surface area (Å²) in [5.41, 5.74) is 0.936. The van der Waals surface area contributed by atoms with Gasteiger partial charge in [0.25, 0.3) is 0 Å². The molecular weight excluding hydrogens is 563 g/mol. The van der Waals surface area contributed by atoms with Gasteiger partial charge in [0.15, 0.2) is 0 Å². The zero-order valence-corrected chi connectivity index (χ0v) is 20.8. The van der Waals surface area contributed by atoms with Crippen LogP contribution in [0.25, 0.3) is 0 Å². The average molecular weight is 586 g/mol. The number of likely N-dealkylation sites (tertiary alicyclic amines) is 1. The minimum atomic E-state index is -0.578. The second-order valence-corrected chi connectivity index (χ2v) is 12.3. The van der Waals surface area contributed by atoms with Crippen LogP contribution in [-0.2, 0) is 19.1 Å². The molecule has 1 aliphatic heterocycles. The first-order chi connectivity index (χ1) is 12.4. The number of rotatable bonds is 4. The van der Waals surface area contributed by atoms with Crippen molar-refractivity contribution < 1.29 is 19.1 Å². The summed E-state index contributed by atoms with van der Waals surface area (Å²) in [4.78, 5) is 26.1. The molecule has 5 nitrogen and oxygen atoms in total. The van der Waals surface area contributed by atoms with Crippen molar-refractivity contribution in [1.29, 1.82) is 0 Å². The van der Waals surface area contributed by atoms with Crippen LogP contribution in [-0.4, -0.2) is 78.2 Å².